The average Bonchev–Trinajstić information content (AvgIpc) is 2.62. The van der Waals surface area contributed by atoms with Crippen LogP contribution in [0.3, 0.4) is 0 Å². The third-order valence-corrected chi connectivity index (χ3v) is 4.31. The Morgan fingerprint density at radius 1 is 1.16 bits per heavy atom. The Labute approximate surface area is 145 Å². The van der Waals surface area contributed by atoms with Gasteiger partial charge in [0.1, 0.15) is 22.5 Å². The smallest absolute Gasteiger partial charge is 0.315 e. The number of carboxylic acid groups (broad SMARTS) is 1. The Bertz CT molecular complexity index is 763. The lowest BCUT2D eigenvalue weighted by molar-refractivity contribution is -0.143. The van der Waals surface area contributed by atoms with Crippen LogP contribution in [-0.4, -0.2) is 30.6 Å². The van der Waals surface area contributed by atoms with Crippen LogP contribution in [0.5, 0.6) is 5.75 Å². The van der Waals surface area contributed by atoms with Crippen molar-refractivity contribution in [1.29, 1.82) is 0 Å². The Hall–Kier alpha value is -2.89. The van der Waals surface area contributed by atoms with E-state index in [-0.39, 0.29) is 24.3 Å². The van der Waals surface area contributed by atoms with Crippen molar-refractivity contribution in [1.82, 2.24) is 5.32 Å². The van der Waals surface area contributed by atoms with E-state index in [1.165, 1.54) is 19.2 Å². The van der Waals surface area contributed by atoms with Gasteiger partial charge in [0.2, 0.25) is 0 Å². The van der Waals surface area contributed by atoms with E-state index in [9.17, 15) is 19.1 Å². The van der Waals surface area contributed by atoms with Gasteiger partial charge in [-0.15, -0.1) is 0 Å². The minimum absolute atomic E-state index is 0.0923. The fourth-order valence-corrected chi connectivity index (χ4v) is 2.75. The number of hydrogen-bond acceptors (Lipinski definition) is 3. The van der Waals surface area contributed by atoms with Gasteiger partial charge in [-0.3, -0.25) is 9.59 Å². The van der Waals surface area contributed by atoms with Crippen molar-refractivity contribution in [3.05, 3.63) is 65.5 Å². The zero-order valence-corrected chi connectivity index (χ0v) is 14.1. The van der Waals surface area contributed by atoms with Crippen molar-refractivity contribution < 1.29 is 23.8 Å². The molecule has 0 radical (unpaired) electrons. The lowest BCUT2D eigenvalue weighted by Crippen LogP contribution is -2.46. The molecule has 1 unspecified atom stereocenters. The molecule has 2 rings (SSSR count). The lowest BCUT2D eigenvalue weighted by Gasteiger charge is -2.29. The second-order valence-corrected chi connectivity index (χ2v) is 5.61. The van der Waals surface area contributed by atoms with Gasteiger partial charge in [-0.05, 0) is 24.1 Å². The first-order valence-electron chi connectivity index (χ1n) is 7.86. The highest BCUT2D eigenvalue weighted by Crippen LogP contribution is 2.28. The first kappa shape index (κ1) is 18.4. The number of rotatable bonds is 7. The molecule has 25 heavy (non-hydrogen) atoms. The Morgan fingerprint density at radius 2 is 1.84 bits per heavy atom. The molecule has 0 aromatic heterocycles. The molecule has 0 saturated heterocycles. The lowest BCUT2D eigenvalue weighted by atomic mass is 9.78. The van der Waals surface area contributed by atoms with Crippen molar-refractivity contribution in [3.63, 3.8) is 0 Å². The number of benzene rings is 2. The number of ether oxygens (including phenoxy) is 1. The maximum absolute atomic E-state index is 14.0. The van der Waals surface area contributed by atoms with Crippen LogP contribution in [0, 0.1) is 5.82 Å². The monoisotopic (exact) mass is 345 g/mol. The molecule has 2 aromatic carbocycles. The van der Waals surface area contributed by atoms with Gasteiger partial charge in [0.15, 0.2) is 0 Å². The molecule has 1 amide bonds. The summed E-state index contributed by atoms with van der Waals surface area (Å²) in [7, 11) is 1.34. The van der Waals surface area contributed by atoms with Gasteiger partial charge in [0.25, 0.3) is 5.91 Å². The van der Waals surface area contributed by atoms with Gasteiger partial charge in [-0.25, -0.2) is 4.39 Å². The third kappa shape index (κ3) is 3.63. The number of aliphatic carboxylic acids is 1. The van der Waals surface area contributed by atoms with Crippen LogP contribution in [0.15, 0.2) is 48.5 Å². The van der Waals surface area contributed by atoms with Gasteiger partial charge >= 0.3 is 5.97 Å². The summed E-state index contributed by atoms with van der Waals surface area (Å²) in [5.74, 6) is -2.41. The molecule has 0 heterocycles. The third-order valence-electron chi connectivity index (χ3n) is 4.31. The predicted octanol–water partition coefficient (Wildman–Crippen LogP) is 3.00. The van der Waals surface area contributed by atoms with E-state index < -0.39 is 23.1 Å². The van der Waals surface area contributed by atoms with Crippen LogP contribution in [-0.2, 0) is 10.2 Å². The van der Waals surface area contributed by atoms with Crippen LogP contribution in [0.4, 0.5) is 4.39 Å². The van der Waals surface area contributed by atoms with E-state index >= 15 is 0 Å². The normalized spacial score (nSPS) is 12.9. The van der Waals surface area contributed by atoms with Crippen molar-refractivity contribution in [3.8, 4) is 5.75 Å². The second kappa shape index (κ2) is 7.79. The van der Waals surface area contributed by atoms with Crippen molar-refractivity contribution >= 4 is 11.9 Å². The van der Waals surface area contributed by atoms with E-state index in [2.05, 4.69) is 5.32 Å². The molecule has 5 nitrogen and oxygen atoms in total. The summed E-state index contributed by atoms with van der Waals surface area (Å²) in [5.41, 5.74) is -0.964. The fraction of sp³-hybridized carbons (Fsp3) is 0.263. The zero-order chi connectivity index (χ0) is 18.4. The average molecular weight is 345 g/mol. The number of halogens is 1. The molecule has 0 spiro atoms. The first-order chi connectivity index (χ1) is 12.0. The first-order valence-corrected chi connectivity index (χ1v) is 7.86. The van der Waals surface area contributed by atoms with E-state index in [0.29, 0.717) is 5.56 Å². The van der Waals surface area contributed by atoms with E-state index in [0.717, 1.165) is 6.07 Å². The second-order valence-electron chi connectivity index (χ2n) is 5.61. The SMILES string of the molecule is CCC(CNC(=O)c1c(F)cccc1OC)(C(=O)O)c1ccccc1. The zero-order valence-electron chi connectivity index (χ0n) is 14.1. The van der Waals surface area contributed by atoms with Crippen molar-refractivity contribution in [2.75, 3.05) is 13.7 Å². The molecule has 132 valence electrons. The van der Waals surface area contributed by atoms with Gasteiger partial charge < -0.3 is 15.2 Å². The number of carbonyl (C=O) groups excluding carboxylic acids is 1. The molecular weight excluding hydrogens is 325 g/mol. The Balaban J connectivity index is 2.31. The molecule has 1 atom stereocenters. The topological polar surface area (TPSA) is 75.6 Å². The molecule has 0 aliphatic heterocycles. The summed E-state index contributed by atoms with van der Waals surface area (Å²) in [5, 5.41) is 12.3. The molecule has 6 heteroatoms. The van der Waals surface area contributed by atoms with E-state index in [1.54, 1.807) is 37.3 Å². The number of methoxy groups -OCH3 is 1. The molecular formula is C19H20FNO4. The number of carboxylic acids is 1. The molecule has 0 aliphatic rings. The largest absolute Gasteiger partial charge is 0.496 e. The number of carbonyl (C=O) groups is 2. The summed E-state index contributed by atoms with van der Waals surface area (Å²) < 4.78 is 19.0. The van der Waals surface area contributed by atoms with Crippen LogP contribution >= 0.6 is 0 Å². The van der Waals surface area contributed by atoms with Crippen molar-refractivity contribution in [2.24, 2.45) is 0 Å². The van der Waals surface area contributed by atoms with Gasteiger partial charge in [0, 0.05) is 6.54 Å². The maximum Gasteiger partial charge on any atom is 0.315 e. The minimum Gasteiger partial charge on any atom is -0.496 e. The number of nitrogens with one attached hydrogen (secondary N) is 1. The summed E-state index contributed by atoms with van der Waals surface area (Å²) in [6.45, 7) is 1.57. The van der Waals surface area contributed by atoms with Gasteiger partial charge in [-0.1, -0.05) is 43.3 Å². The van der Waals surface area contributed by atoms with Crippen LogP contribution in [0.25, 0.3) is 0 Å². The highest BCUT2D eigenvalue weighted by atomic mass is 19.1. The maximum atomic E-state index is 14.0. The molecule has 0 fully saturated rings. The number of amides is 1. The van der Waals surface area contributed by atoms with Crippen LogP contribution in [0.2, 0.25) is 0 Å². The minimum atomic E-state index is -1.30. The predicted molar refractivity (Wildman–Crippen MR) is 91.3 cm³/mol. The molecule has 2 aromatic rings. The van der Waals surface area contributed by atoms with Gasteiger partial charge in [-0.2, -0.15) is 0 Å². The number of hydrogen-bond donors (Lipinski definition) is 2. The molecule has 0 saturated carbocycles. The summed E-state index contributed by atoms with van der Waals surface area (Å²) in [6, 6.07) is 12.7. The molecule has 0 aliphatic carbocycles. The van der Waals surface area contributed by atoms with Crippen molar-refractivity contribution in [2.45, 2.75) is 18.8 Å². The van der Waals surface area contributed by atoms with Crippen LogP contribution in [0.1, 0.15) is 29.3 Å². The summed E-state index contributed by atoms with van der Waals surface area (Å²) >= 11 is 0. The van der Waals surface area contributed by atoms with Crippen LogP contribution < -0.4 is 10.1 Å². The summed E-state index contributed by atoms with van der Waals surface area (Å²) in [6.07, 6.45) is 0.265. The Kier molecular flexibility index (Phi) is 5.75. The summed E-state index contributed by atoms with van der Waals surface area (Å²) in [4.78, 5) is 24.4. The standard InChI is InChI=1S/C19H20FNO4/c1-3-19(18(23)24,13-8-5-4-6-9-13)12-21-17(22)16-14(20)10-7-11-15(16)25-2/h4-11H,3,12H2,1-2H3,(H,21,22)(H,23,24). The van der Waals surface area contributed by atoms with E-state index in [1.807, 2.05) is 0 Å². The fourth-order valence-electron chi connectivity index (χ4n) is 2.75. The molecule has 0 bridgehead atoms. The highest BCUT2D eigenvalue weighted by Gasteiger charge is 2.39. The Morgan fingerprint density at radius 3 is 2.40 bits per heavy atom. The highest BCUT2D eigenvalue weighted by molar-refractivity contribution is 5.97. The quantitative estimate of drug-likeness (QED) is 0.809. The van der Waals surface area contributed by atoms with E-state index in [4.69, 9.17) is 4.74 Å². The molecule has 2 N–H and O–H groups in total. The van der Waals surface area contributed by atoms with Gasteiger partial charge in [0.05, 0.1) is 7.11 Å².